The van der Waals surface area contributed by atoms with E-state index in [2.05, 4.69) is 11.3 Å². The molecule has 1 N–H and O–H groups in total. The first kappa shape index (κ1) is 13.4. The van der Waals surface area contributed by atoms with Crippen molar-refractivity contribution < 1.29 is 28.2 Å². The number of amides is 1. The molecular formula is C10H13F2NO4. The van der Waals surface area contributed by atoms with Crippen LogP contribution in [0.3, 0.4) is 0 Å². The van der Waals surface area contributed by atoms with Gasteiger partial charge in [-0.1, -0.05) is 12.7 Å². The zero-order valence-corrected chi connectivity index (χ0v) is 9.07. The van der Waals surface area contributed by atoms with E-state index in [1.807, 2.05) is 0 Å². The number of carboxylic acids is 1. The Balaban J connectivity index is 2.55. The maximum atomic E-state index is 13.1. The number of alkyl halides is 2. The maximum Gasteiger partial charge on any atom is 0.410 e. The van der Waals surface area contributed by atoms with E-state index in [-0.39, 0.29) is 26.1 Å². The average Bonchev–Trinajstić information content (AvgIpc) is 2.75. The topological polar surface area (TPSA) is 66.8 Å². The van der Waals surface area contributed by atoms with Crippen LogP contribution in [-0.2, 0) is 9.53 Å². The monoisotopic (exact) mass is 249 g/mol. The van der Waals surface area contributed by atoms with Gasteiger partial charge in [0.05, 0.1) is 5.92 Å². The fourth-order valence-electron chi connectivity index (χ4n) is 1.62. The molecule has 1 saturated heterocycles. The number of nitrogens with zero attached hydrogens (tertiary/aromatic N) is 1. The molecule has 1 rings (SSSR count). The Kier molecular flexibility index (Phi) is 4.03. The molecule has 7 heteroatoms. The summed E-state index contributed by atoms with van der Waals surface area (Å²) in [5, 5.41) is 8.37. The van der Waals surface area contributed by atoms with Crippen LogP contribution in [0.1, 0.15) is 6.42 Å². The summed E-state index contributed by atoms with van der Waals surface area (Å²) in [6.45, 7) is 3.10. The van der Waals surface area contributed by atoms with Crippen molar-refractivity contribution >= 4 is 12.1 Å². The van der Waals surface area contributed by atoms with Gasteiger partial charge in [0.1, 0.15) is 6.61 Å². The minimum absolute atomic E-state index is 0.00464. The molecule has 5 nitrogen and oxygen atoms in total. The van der Waals surface area contributed by atoms with Gasteiger partial charge in [0, 0.05) is 13.1 Å². The van der Waals surface area contributed by atoms with Crippen LogP contribution in [0.2, 0.25) is 0 Å². The number of rotatable bonds is 4. The molecule has 0 aliphatic carbocycles. The van der Waals surface area contributed by atoms with Crippen LogP contribution in [0.25, 0.3) is 0 Å². The van der Waals surface area contributed by atoms with Crippen LogP contribution in [0, 0.1) is 5.92 Å². The van der Waals surface area contributed by atoms with Crippen molar-refractivity contribution in [3.63, 3.8) is 0 Å². The molecule has 0 radical (unpaired) electrons. The summed E-state index contributed by atoms with van der Waals surface area (Å²) in [6.07, 6.45) is 0.577. The van der Waals surface area contributed by atoms with Crippen molar-refractivity contribution in [1.29, 1.82) is 0 Å². The average molecular weight is 249 g/mol. The lowest BCUT2D eigenvalue weighted by molar-refractivity contribution is -0.172. The Labute approximate surface area is 96.7 Å². The highest BCUT2D eigenvalue weighted by Gasteiger charge is 2.50. The van der Waals surface area contributed by atoms with Crippen molar-refractivity contribution in [3.05, 3.63) is 12.7 Å². The fraction of sp³-hybridized carbons (Fsp3) is 0.600. The Morgan fingerprint density at radius 1 is 1.59 bits per heavy atom. The van der Waals surface area contributed by atoms with Crippen LogP contribution in [0.4, 0.5) is 13.6 Å². The first-order valence-electron chi connectivity index (χ1n) is 5.03. The largest absolute Gasteiger partial charge is 0.477 e. The first-order valence-corrected chi connectivity index (χ1v) is 5.03. The van der Waals surface area contributed by atoms with E-state index in [0.717, 1.165) is 4.90 Å². The van der Waals surface area contributed by atoms with Crippen LogP contribution >= 0.6 is 0 Å². The second-order valence-corrected chi connectivity index (χ2v) is 3.73. The minimum atomic E-state index is -3.81. The summed E-state index contributed by atoms with van der Waals surface area (Å²) in [7, 11) is 0. The van der Waals surface area contributed by atoms with Gasteiger partial charge in [-0.3, -0.25) is 0 Å². The standard InChI is InChI=1S/C10H13F2NO4/c1-2-5-17-9(16)13-4-3-7(6-13)10(11,12)8(14)15/h2,7H,1,3-6H2,(H,14,15). The lowest BCUT2D eigenvalue weighted by atomic mass is 10.0. The van der Waals surface area contributed by atoms with Gasteiger partial charge in [-0.15, -0.1) is 0 Å². The predicted molar refractivity (Wildman–Crippen MR) is 53.8 cm³/mol. The van der Waals surface area contributed by atoms with Crippen LogP contribution in [-0.4, -0.2) is 47.7 Å². The van der Waals surface area contributed by atoms with Crippen LogP contribution in [0.5, 0.6) is 0 Å². The molecule has 0 saturated carbocycles. The summed E-state index contributed by atoms with van der Waals surface area (Å²) >= 11 is 0. The molecule has 1 aliphatic heterocycles. The van der Waals surface area contributed by atoms with E-state index in [9.17, 15) is 18.4 Å². The zero-order chi connectivity index (χ0) is 13.1. The first-order chi connectivity index (χ1) is 7.89. The zero-order valence-electron chi connectivity index (χ0n) is 9.07. The molecular weight excluding hydrogens is 236 g/mol. The van der Waals surface area contributed by atoms with Crippen molar-refractivity contribution in [2.24, 2.45) is 5.92 Å². The number of likely N-dealkylation sites (tertiary alicyclic amines) is 1. The molecule has 1 atom stereocenters. The van der Waals surface area contributed by atoms with E-state index >= 15 is 0 Å². The number of carbonyl (C=O) groups excluding carboxylic acids is 1. The van der Waals surface area contributed by atoms with Crippen molar-refractivity contribution in [1.82, 2.24) is 4.90 Å². The summed E-state index contributed by atoms with van der Waals surface area (Å²) in [6, 6.07) is 0. The molecule has 0 aromatic rings. The molecule has 1 aliphatic rings. The molecule has 1 unspecified atom stereocenters. The minimum Gasteiger partial charge on any atom is -0.477 e. The Hall–Kier alpha value is -1.66. The third-order valence-corrected chi connectivity index (χ3v) is 2.57. The number of ether oxygens (including phenoxy) is 1. The molecule has 0 aromatic heterocycles. The van der Waals surface area contributed by atoms with Gasteiger partial charge in [-0.05, 0) is 6.42 Å². The summed E-state index contributed by atoms with van der Waals surface area (Å²) in [5.41, 5.74) is 0. The van der Waals surface area contributed by atoms with E-state index in [4.69, 9.17) is 5.11 Å². The number of carbonyl (C=O) groups is 2. The third kappa shape index (κ3) is 2.92. The smallest absolute Gasteiger partial charge is 0.410 e. The Bertz CT molecular complexity index is 332. The molecule has 1 fully saturated rings. The van der Waals surface area contributed by atoms with Gasteiger partial charge < -0.3 is 14.7 Å². The Morgan fingerprint density at radius 2 is 2.24 bits per heavy atom. The highest BCUT2D eigenvalue weighted by molar-refractivity contribution is 5.76. The van der Waals surface area contributed by atoms with Crippen LogP contribution in [0.15, 0.2) is 12.7 Å². The van der Waals surface area contributed by atoms with E-state index in [1.54, 1.807) is 0 Å². The normalized spacial score (nSPS) is 20.1. The molecule has 96 valence electrons. The fourth-order valence-corrected chi connectivity index (χ4v) is 1.62. The quantitative estimate of drug-likeness (QED) is 0.764. The SMILES string of the molecule is C=CCOC(=O)N1CCC(C(F)(F)C(=O)O)C1. The molecule has 1 amide bonds. The lowest BCUT2D eigenvalue weighted by Gasteiger charge is -2.19. The molecule has 17 heavy (non-hydrogen) atoms. The number of hydrogen-bond donors (Lipinski definition) is 1. The van der Waals surface area contributed by atoms with E-state index in [0.29, 0.717) is 0 Å². The number of carboxylic acid groups (broad SMARTS) is 1. The van der Waals surface area contributed by atoms with Gasteiger partial charge in [0.25, 0.3) is 0 Å². The van der Waals surface area contributed by atoms with Gasteiger partial charge in [0.15, 0.2) is 0 Å². The van der Waals surface area contributed by atoms with Gasteiger partial charge in [-0.25, -0.2) is 9.59 Å². The molecule has 1 heterocycles. The summed E-state index contributed by atoms with van der Waals surface area (Å²) in [5.74, 6) is -7.34. The van der Waals surface area contributed by atoms with Crippen molar-refractivity contribution in [3.8, 4) is 0 Å². The highest BCUT2D eigenvalue weighted by atomic mass is 19.3. The molecule has 0 spiro atoms. The Morgan fingerprint density at radius 3 is 2.76 bits per heavy atom. The number of halogens is 2. The number of hydrogen-bond acceptors (Lipinski definition) is 3. The molecule has 0 aromatic carbocycles. The lowest BCUT2D eigenvalue weighted by Crippen LogP contribution is -2.39. The van der Waals surface area contributed by atoms with Gasteiger partial charge >= 0.3 is 18.0 Å². The third-order valence-electron chi connectivity index (χ3n) is 2.57. The summed E-state index contributed by atoms with van der Waals surface area (Å²) < 4.78 is 31.0. The predicted octanol–water partition coefficient (Wildman–Crippen LogP) is 1.35. The van der Waals surface area contributed by atoms with Crippen LogP contribution < -0.4 is 0 Å². The second-order valence-electron chi connectivity index (χ2n) is 3.73. The maximum absolute atomic E-state index is 13.1. The molecule has 0 bridgehead atoms. The highest BCUT2D eigenvalue weighted by Crippen LogP contribution is 2.32. The van der Waals surface area contributed by atoms with Crippen molar-refractivity contribution in [2.75, 3.05) is 19.7 Å². The van der Waals surface area contributed by atoms with E-state index in [1.165, 1.54) is 6.08 Å². The van der Waals surface area contributed by atoms with Crippen molar-refractivity contribution in [2.45, 2.75) is 12.3 Å². The van der Waals surface area contributed by atoms with Gasteiger partial charge in [0.2, 0.25) is 0 Å². The summed E-state index contributed by atoms with van der Waals surface area (Å²) in [4.78, 5) is 22.7. The number of aliphatic carboxylic acids is 1. The second kappa shape index (κ2) is 5.11. The van der Waals surface area contributed by atoms with E-state index < -0.39 is 23.9 Å². The van der Waals surface area contributed by atoms with Gasteiger partial charge in [-0.2, -0.15) is 8.78 Å².